The van der Waals surface area contributed by atoms with Crippen LogP contribution in [0.15, 0.2) is 30.3 Å². The largest absolute Gasteiger partial charge is 0.427 e. The first-order valence-corrected chi connectivity index (χ1v) is 7.56. The van der Waals surface area contributed by atoms with Crippen molar-refractivity contribution in [1.82, 2.24) is 0 Å². The van der Waals surface area contributed by atoms with Crippen LogP contribution < -0.4 is 4.74 Å². The number of benzene rings is 1. The van der Waals surface area contributed by atoms with E-state index in [1.807, 2.05) is 30.3 Å². The fourth-order valence-electron chi connectivity index (χ4n) is 3.20. The zero-order valence-electron chi connectivity index (χ0n) is 13.5. The molecule has 0 aliphatic rings. The van der Waals surface area contributed by atoms with Crippen LogP contribution in [0.1, 0.15) is 53.9 Å². The number of carbonyl (C=O) groups is 1. The minimum Gasteiger partial charge on any atom is -0.427 e. The first-order chi connectivity index (χ1) is 9.31. The third kappa shape index (κ3) is 6.23. The molecule has 0 bridgehead atoms. The van der Waals surface area contributed by atoms with Crippen LogP contribution in [0.25, 0.3) is 0 Å². The first kappa shape index (κ1) is 16.7. The molecule has 0 aliphatic heterocycles. The normalized spacial score (nSPS) is 11.9. The molecule has 0 aromatic heterocycles. The molecule has 0 N–H and O–H groups in total. The molecule has 0 fully saturated rings. The lowest BCUT2D eigenvalue weighted by molar-refractivity contribution is -0.137. The summed E-state index contributed by atoms with van der Waals surface area (Å²) in [4.78, 5) is 12.2. The molecule has 2 nitrogen and oxygen atoms in total. The Balaban J connectivity index is 2.66. The number of carbonyl (C=O) groups excluding carboxylic acids is 1. The average Bonchev–Trinajstić information content (AvgIpc) is 2.26. The zero-order valence-corrected chi connectivity index (χ0v) is 13.5. The van der Waals surface area contributed by atoms with Gasteiger partial charge in [-0.1, -0.05) is 52.8 Å². The molecule has 1 rings (SSSR count). The van der Waals surface area contributed by atoms with Gasteiger partial charge in [0.05, 0.1) is 6.42 Å². The number of esters is 1. The minimum atomic E-state index is -0.125. The topological polar surface area (TPSA) is 26.3 Å². The van der Waals surface area contributed by atoms with Crippen molar-refractivity contribution in [3.05, 3.63) is 30.3 Å². The van der Waals surface area contributed by atoms with Gasteiger partial charge in [0.1, 0.15) is 5.75 Å². The SMILES string of the molecule is CC(C)CC(C)(CC(=O)Oc1ccccc1)CC(C)C. The molecule has 1 aromatic carbocycles. The van der Waals surface area contributed by atoms with E-state index in [1.54, 1.807) is 0 Å². The molecular formula is C18H28O2. The van der Waals surface area contributed by atoms with Crippen LogP contribution in [-0.4, -0.2) is 5.97 Å². The van der Waals surface area contributed by atoms with Crippen molar-refractivity contribution in [3.63, 3.8) is 0 Å². The molecule has 0 saturated carbocycles. The zero-order chi connectivity index (χ0) is 15.2. The Kier molecular flexibility index (Phi) is 6.25. The molecule has 2 heteroatoms. The van der Waals surface area contributed by atoms with E-state index in [2.05, 4.69) is 34.6 Å². The van der Waals surface area contributed by atoms with E-state index in [9.17, 15) is 4.79 Å². The molecule has 0 spiro atoms. The van der Waals surface area contributed by atoms with Crippen LogP contribution in [0.4, 0.5) is 0 Å². The number of hydrogen-bond donors (Lipinski definition) is 0. The summed E-state index contributed by atoms with van der Waals surface area (Å²) in [5.41, 5.74) is 0.0220. The number of hydrogen-bond acceptors (Lipinski definition) is 2. The van der Waals surface area contributed by atoms with Crippen LogP contribution in [0.2, 0.25) is 0 Å². The molecule has 0 amide bonds. The van der Waals surface area contributed by atoms with E-state index in [4.69, 9.17) is 4.74 Å². The highest BCUT2D eigenvalue weighted by atomic mass is 16.5. The van der Waals surface area contributed by atoms with E-state index in [1.165, 1.54) is 0 Å². The molecule has 0 atom stereocenters. The van der Waals surface area contributed by atoms with Gasteiger partial charge in [-0.3, -0.25) is 4.79 Å². The summed E-state index contributed by atoms with van der Waals surface area (Å²) in [7, 11) is 0. The summed E-state index contributed by atoms with van der Waals surface area (Å²) >= 11 is 0. The molecule has 0 saturated heterocycles. The molecular weight excluding hydrogens is 248 g/mol. The lowest BCUT2D eigenvalue weighted by Crippen LogP contribution is -2.27. The van der Waals surface area contributed by atoms with Crippen molar-refractivity contribution in [2.45, 2.75) is 53.9 Å². The number of rotatable bonds is 7. The smallest absolute Gasteiger partial charge is 0.311 e. The van der Waals surface area contributed by atoms with Gasteiger partial charge in [0.25, 0.3) is 0 Å². The monoisotopic (exact) mass is 276 g/mol. The fourth-order valence-corrected chi connectivity index (χ4v) is 3.20. The minimum absolute atomic E-state index is 0.0220. The molecule has 0 aliphatic carbocycles. The summed E-state index contributed by atoms with van der Waals surface area (Å²) in [5, 5.41) is 0. The average molecular weight is 276 g/mol. The summed E-state index contributed by atoms with van der Waals surface area (Å²) in [6.45, 7) is 11.0. The molecule has 0 radical (unpaired) electrons. The van der Waals surface area contributed by atoms with E-state index in [0.717, 1.165) is 12.8 Å². The second-order valence-corrected chi connectivity index (χ2v) is 6.97. The summed E-state index contributed by atoms with van der Waals surface area (Å²) in [5.74, 6) is 1.68. The Morgan fingerprint density at radius 3 is 2.00 bits per heavy atom. The second-order valence-electron chi connectivity index (χ2n) is 6.97. The maximum atomic E-state index is 12.2. The maximum Gasteiger partial charge on any atom is 0.311 e. The Labute approximate surface area is 123 Å². The highest BCUT2D eigenvalue weighted by Gasteiger charge is 2.30. The lowest BCUT2D eigenvalue weighted by Gasteiger charge is -2.32. The Hall–Kier alpha value is -1.31. The maximum absolute atomic E-state index is 12.2. The molecule has 1 aromatic rings. The van der Waals surface area contributed by atoms with Gasteiger partial charge in [-0.25, -0.2) is 0 Å². The van der Waals surface area contributed by atoms with Crippen molar-refractivity contribution in [2.75, 3.05) is 0 Å². The Morgan fingerprint density at radius 1 is 1.05 bits per heavy atom. The summed E-state index contributed by atoms with van der Waals surface area (Å²) < 4.78 is 5.43. The van der Waals surface area contributed by atoms with Crippen molar-refractivity contribution < 1.29 is 9.53 Å². The van der Waals surface area contributed by atoms with E-state index < -0.39 is 0 Å². The van der Waals surface area contributed by atoms with Gasteiger partial charge < -0.3 is 4.74 Å². The molecule has 0 heterocycles. The van der Waals surface area contributed by atoms with E-state index in [0.29, 0.717) is 24.0 Å². The predicted octanol–water partition coefficient (Wildman–Crippen LogP) is 5.08. The predicted molar refractivity (Wildman–Crippen MR) is 83.7 cm³/mol. The van der Waals surface area contributed by atoms with Crippen molar-refractivity contribution in [3.8, 4) is 5.75 Å². The van der Waals surface area contributed by atoms with Gasteiger partial charge in [-0.05, 0) is 42.2 Å². The number of ether oxygens (including phenoxy) is 1. The first-order valence-electron chi connectivity index (χ1n) is 7.56. The standard InChI is InChI=1S/C18H28O2/c1-14(2)11-18(5,12-15(3)4)13-17(19)20-16-9-7-6-8-10-16/h6-10,14-15H,11-13H2,1-5H3. The van der Waals surface area contributed by atoms with Gasteiger partial charge in [0, 0.05) is 0 Å². The van der Waals surface area contributed by atoms with Crippen LogP contribution in [0.3, 0.4) is 0 Å². The Morgan fingerprint density at radius 2 is 1.55 bits per heavy atom. The summed E-state index contributed by atoms with van der Waals surface area (Å²) in [6, 6.07) is 9.31. The van der Waals surface area contributed by atoms with Gasteiger partial charge in [-0.2, -0.15) is 0 Å². The van der Waals surface area contributed by atoms with E-state index in [-0.39, 0.29) is 11.4 Å². The second kappa shape index (κ2) is 7.47. The molecule has 20 heavy (non-hydrogen) atoms. The van der Waals surface area contributed by atoms with Gasteiger partial charge >= 0.3 is 5.97 Å². The molecule has 112 valence electrons. The lowest BCUT2D eigenvalue weighted by atomic mass is 9.73. The fraction of sp³-hybridized carbons (Fsp3) is 0.611. The third-order valence-corrected chi connectivity index (χ3v) is 3.35. The highest BCUT2D eigenvalue weighted by Crippen LogP contribution is 2.37. The van der Waals surface area contributed by atoms with E-state index >= 15 is 0 Å². The van der Waals surface area contributed by atoms with Crippen LogP contribution in [0.5, 0.6) is 5.75 Å². The number of para-hydroxylation sites is 1. The third-order valence-electron chi connectivity index (χ3n) is 3.35. The van der Waals surface area contributed by atoms with Gasteiger partial charge in [0.15, 0.2) is 0 Å². The van der Waals surface area contributed by atoms with Crippen LogP contribution in [0, 0.1) is 17.3 Å². The van der Waals surface area contributed by atoms with Crippen molar-refractivity contribution >= 4 is 5.97 Å². The van der Waals surface area contributed by atoms with Crippen LogP contribution in [-0.2, 0) is 4.79 Å². The van der Waals surface area contributed by atoms with Crippen molar-refractivity contribution in [2.24, 2.45) is 17.3 Å². The van der Waals surface area contributed by atoms with Gasteiger partial charge in [-0.15, -0.1) is 0 Å². The highest BCUT2D eigenvalue weighted by molar-refractivity contribution is 5.73. The molecule has 0 unspecified atom stereocenters. The van der Waals surface area contributed by atoms with Crippen LogP contribution >= 0.6 is 0 Å². The Bertz CT molecular complexity index is 397. The quantitative estimate of drug-likeness (QED) is 0.512. The summed E-state index contributed by atoms with van der Waals surface area (Å²) in [6.07, 6.45) is 2.59. The van der Waals surface area contributed by atoms with Gasteiger partial charge in [0.2, 0.25) is 0 Å². The van der Waals surface area contributed by atoms with Crippen molar-refractivity contribution in [1.29, 1.82) is 0 Å².